The molecular weight excluding hydrogens is 332 g/mol. The van der Waals surface area contributed by atoms with Crippen LogP contribution in [0.5, 0.6) is 0 Å². The number of aliphatic imine (C=N–C) groups is 1. The number of hydrogen-bond acceptors (Lipinski definition) is 7. The predicted octanol–water partition coefficient (Wildman–Crippen LogP) is 0.985. The van der Waals surface area contributed by atoms with Crippen LogP contribution in [0, 0.1) is 0 Å². The molecular formula is C14H20N6O3S. The van der Waals surface area contributed by atoms with E-state index in [-0.39, 0.29) is 12.6 Å². The number of carbonyl (C=O) groups is 1. The maximum absolute atomic E-state index is 10.7. The maximum atomic E-state index is 10.7. The van der Waals surface area contributed by atoms with E-state index in [1.807, 2.05) is 5.38 Å². The van der Waals surface area contributed by atoms with E-state index in [9.17, 15) is 4.79 Å². The summed E-state index contributed by atoms with van der Waals surface area (Å²) in [6, 6.07) is 2.82. The smallest absolute Gasteiger partial charge is 0.312 e. The fourth-order valence-electron chi connectivity index (χ4n) is 1.79. The second-order valence-corrected chi connectivity index (χ2v) is 5.73. The highest BCUT2D eigenvalue weighted by atomic mass is 32.1. The normalized spacial score (nSPS) is 12.4. The summed E-state index contributed by atoms with van der Waals surface area (Å²) < 4.78 is 10.5. The number of primary amides is 1. The van der Waals surface area contributed by atoms with Crippen molar-refractivity contribution in [2.75, 3.05) is 25.6 Å². The first-order chi connectivity index (χ1) is 11.6. The molecule has 1 atom stereocenters. The Labute approximate surface area is 143 Å². The molecule has 0 aliphatic heterocycles. The van der Waals surface area contributed by atoms with E-state index in [1.54, 1.807) is 25.6 Å². The lowest BCUT2D eigenvalue weighted by molar-refractivity contribution is 0.182. The Morgan fingerprint density at radius 1 is 1.58 bits per heavy atom. The van der Waals surface area contributed by atoms with Gasteiger partial charge in [-0.05, 0) is 12.1 Å². The van der Waals surface area contributed by atoms with Gasteiger partial charge in [0.05, 0.1) is 26.0 Å². The number of nitrogens with zero attached hydrogens (tertiary/aromatic N) is 2. The van der Waals surface area contributed by atoms with Crippen LogP contribution in [-0.4, -0.2) is 43.7 Å². The summed E-state index contributed by atoms with van der Waals surface area (Å²) in [5, 5.41) is 7.99. The molecule has 24 heavy (non-hydrogen) atoms. The van der Waals surface area contributed by atoms with Crippen molar-refractivity contribution >= 4 is 28.8 Å². The molecule has 0 aliphatic rings. The zero-order valence-electron chi connectivity index (χ0n) is 13.2. The number of urea groups is 1. The molecule has 0 fully saturated rings. The van der Waals surface area contributed by atoms with Gasteiger partial charge in [0, 0.05) is 18.5 Å². The lowest BCUT2D eigenvalue weighted by Crippen LogP contribution is -2.28. The fraction of sp³-hybridized carbons (Fsp3) is 0.357. The van der Waals surface area contributed by atoms with Gasteiger partial charge >= 0.3 is 6.03 Å². The molecule has 2 rings (SSSR count). The van der Waals surface area contributed by atoms with E-state index in [1.165, 1.54) is 11.3 Å². The first kappa shape index (κ1) is 17.9. The Hall–Kier alpha value is -2.43. The van der Waals surface area contributed by atoms with Crippen LogP contribution in [0.2, 0.25) is 0 Å². The number of amides is 2. The van der Waals surface area contributed by atoms with Gasteiger partial charge in [0.15, 0.2) is 10.9 Å². The van der Waals surface area contributed by atoms with Crippen molar-refractivity contribution in [1.29, 1.82) is 0 Å². The van der Waals surface area contributed by atoms with Gasteiger partial charge in [-0.3, -0.25) is 4.99 Å². The lowest BCUT2D eigenvalue weighted by Gasteiger charge is -2.05. The monoisotopic (exact) mass is 352 g/mol. The third kappa shape index (κ3) is 5.65. The molecule has 0 spiro atoms. The van der Waals surface area contributed by atoms with Crippen molar-refractivity contribution in [3.8, 4) is 11.5 Å². The molecule has 9 nitrogen and oxygen atoms in total. The number of rotatable bonds is 9. The van der Waals surface area contributed by atoms with Crippen LogP contribution >= 0.6 is 11.3 Å². The van der Waals surface area contributed by atoms with Gasteiger partial charge in [-0.2, -0.15) is 0 Å². The second kappa shape index (κ2) is 9.01. The highest BCUT2D eigenvalue weighted by Gasteiger charge is 2.09. The van der Waals surface area contributed by atoms with Crippen LogP contribution in [0.4, 0.5) is 9.93 Å². The number of nitrogens with two attached hydrogens (primary N) is 2. The molecule has 2 amide bonds. The Morgan fingerprint density at radius 3 is 3.17 bits per heavy atom. The average Bonchev–Trinajstić information content (AvgIpc) is 3.19. The molecule has 2 heterocycles. The number of thiazole rings is 1. The molecule has 0 saturated heterocycles. The number of methoxy groups -OCH3 is 1. The average molecular weight is 352 g/mol. The Balaban J connectivity index is 1.86. The van der Waals surface area contributed by atoms with Crippen LogP contribution in [0.25, 0.3) is 11.5 Å². The number of nitrogens with one attached hydrogen (secondary N) is 2. The summed E-state index contributed by atoms with van der Waals surface area (Å²) in [6.45, 7) is 1.16. The molecule has 0 bridgehead atoms. The largest absolute Gasteiger partial charge is 0.458 e. The van der Waals surface area contributed by atoms with Crippen LogP contribution in [-0.2, 0) is 11.3 Å². The maximum Gasteiger partial charge on any atom is 0.312 e. The molecule has 10 heteroatoms. The van der Waals surface area contributed by atoms with Crippen LogP contribution in [0.3, 0.4) is 0 Å². The molecule has 6 N–H and O–H groups in total. The summed E-state index contributed by atoms with van der Waals surface area (Å²) in [5.74, 6) is 1.21. The minimum Gasteiger partial charge on any atom is -0.458 e. The van der Waals surface area contributed by atoms with Crippen LogP contribution < -0.4 is 22.1 Å². The first-order valence-electron chi connectivity index (χ1n) is 7.15. The third-order valence-corrected chi connectivity index (χ3v) is 3.63. The highest BCUT2D eigenvalue weighted by molar-refractivity contribution is 7.14. The molecule has 0 saturated carbocycles. The van der Waals surface area contributed by atoms with E-state index < -0.39 is 6.03 Å². The van der Waals surface area contributed by atoms with Crippen molar-refractivity contribution in [1.82, 2.24) is 10.3 Å². The summed E-state index contributed by atoms with van der Waals surface area (Å²) in [5.41, 5.74) is 11.5. The number of furan rings is 1. The van der Waals surface area contributed by atoms with Crippen molar-refractivity contribution < 1.29 is 13.9 Å². The molecule has 0 aliphatic carbocycles. The number of carbonyl (C=O) groups excluding carboxylic acids is 1. The van der Waals surface area contributed by atoms with E-state index in [4.69, 9.17) is 20.6 Å². The van der Waals surface area contributed by atoms with Crippen LogP contribution in [0.15, 0.2) is 26.9 Å². The molecule has 0 radical (unpaired) electrons. The van der Waals surface area contributed by atoms with Crippen molar-refractivity contribution in [2.45, 2.75) is 12.6 Å². The Kier molecular flexibility index (Phi) is 6.73. The minimum absolute atomic E-state index is 0.129. The predicted molar refractivity (Wildman–Crippen MR) is 93.1 cm³/mol. The minimum atomic E-state index is -0.599. The van der Waals surface area contributed by atoms with E-state index in [2.05, 4.69) is 20.6 Å². The van der Waals surface area contributed by atoms with E-state index >= 15 is 0 Å². The van der Waals surface area contributed by atoms with Gasteiger partial charge in [-0.1, -0.05) is 0 Å². The van der Waals surface area contributed by atoms with Gasteiger partial charge in [-0.25, -0.2) is 9.78 Å². The van der Waals surface area contributed by atoms with E-state index in [0.29, 0.717) is 35.5 Å². The fourth-order valence-corrected chi connectivity index (χ4v) is 2.46. The highest BCUT2D eigenvalue weighted by Crippen LogP contribution is 2.26. The Morgan fingerprint density at radius 2 is 2.42 bits per heavy atom. The SMILES string of the molecule is COCC(N)CN=CNc1nc(-c2ccc(CNC(N)=O)o2)cs1. The number of aromatic nitrogens is 1. The summed E-state index contributed by atoms with van der Waals surface area (Å²) in [6.07, 6.45) is 1.56. The number of hydrogen-bond donors (Lipinski definition) is 4. The van der Waals surface area contributed by atoms with Gasteiger partial charge < -0.3 is 31.3 Å². The third-order valence-electron chi connectivity index (χ3n) is 2.86. The standard InChI is InChI=1S/C14H20N6O3S/c1-22-6-9(15)4-17-8-19-14-20-11(7-24-14)12-3-2-10(23-12)5-18-13(16)21/h2-3,7-9H,4-6,15H2,1H3,(H3,16,18,21)(H,17,19,20). The second-order valence-electron chi connectivity index (χ2n) is 4.88. The van der Waals surface area contributed by atoms with Gasteiger partial charge in [0.1, 0.15) is 11.5 Å². The van der Waals surface area contributed by atoms with Gasteiger partial charge in [0.2, 0.25) is 0 Å². The van der Waals surface area contributed by atoms with Crippen LogP contribution in [0.1, 0.15) is 5.76 Å². The lowest BCUT2D eigenvalue weighted by atomic mass is 10.3. The molecule has 0 aromatic carbocycles. The zero-order valence-corrected chi connectivity index (χ0v) is 14.0. The van der Waals surface area contributed by atoms with Gasteiger partial charge in [0.25, 0.3) is 0 Å². The molecule has 1 unspecified atom stereocenters. The van der Waals surface area contributed by atoms with Crippen molar-refractivity contribution in [3.05, 3.63) is 23.3 Å². The Bertz CT molecular complexity index is 684. The number of anilines is 1. The number of ether oxygens (including phenoxy) is 1. The molecule has 130 valence electrons. The summed E-state index contributed by atoms with van der Waals surface area (Å²) >= 11 is 1.42. The summed E-state index contributed by atoms with van der Waals surface area (Å²) in [4.78, 5) is 19.2. The van der Waals surface area contributed by atoms with Crippen molar-refractivity contribution in [3.63, 3.8) is 0 Å². The van der Waals surface area contributed by atoms with E-state index in [0.717, 1.165) is 0 Å². The molecule has 2 aromatic rings. The quantitative estimate of drug-likeness (QED) is 0.392. The zero-order chi connectivity index (χ0) is 17.4. The van der Waals surface area contributed by atoms with Crippen molar-refractivity contribution in [2.24, 2.45) is 16.5 Å². The topological polar surface area (TPSA) is 141 Å². The first-order valence-corrected chi connectivity index (χ1v) is 8.03. The molecule has 2 aromatic heterocycles. The van der Waals surface area contributed by atoms with Gasteiger partial charge in [-0.15, -0.1) is 11.3 Å². The summed E-state index contributed by atoms with van der Waals surface area (Å²) in [7, 11) is 1.60.